The van der Waals surface area contributed by atoms with Crippen LogP contribution >= 0.6 is 0 Å². The molecule has 0 unspecified atom stereocenters. The summed E-state index contributed by atoms with van der Waals surface area (Å²) in [6.45, 7) is 2.38. The van der Waals surface area contributed by atoms with Crippen LogP contribution in [0.3, 0.4) is 0 Å². The first kappa shape index (κ1) is 14.2. The van der Waals surface area contributed by atoms with Crippen LogP contribution in [0.2, 0.25) is 0 Å². The van der Waals surface area contributed by atoms with E-state index in [0.717, 1.165) is 11.8 Å². The zero-order valence-corrected chi connectivity index (χ0v) is 11.5. The van der Waals surface area contributed by atoms with E-state index in [2.05, 4.69) is 0 Å². The van der Waals surface area contributed by atoms with Crippen LogP contribution in [0.15, 0.2) is 30.3 Å². The third-order valence-corrected chi connectivity index (χ3v) is 3.57. The van der Waals surface area contributed by atoms with E-state index in [1.54, 1.807) is 4.90 Å². The number of nitrogens with zero attached hydrogens (tertiary/aromatic N) is 2. The van der Waals surface area contributed by atoms with Gasteiger partial charge in [0.15, 0.2) is 0 Å². The van der Waals surface area contributed by atoms with E-state index in [-0.39, 0.29) is 37.4 Å². The summed E-state index contributed by atoms with van der Waals surface area (Å²) in [5.74, 6) is -0.180. The molecular formula is C15H18N2O3. The molecule has 1 fully saturated rings. The fraction of sp³-hybridized carbons (Fsp3) is 0.400. The molecule has 0 aliphatic carbocycles. The Morgan fingerprint density at radius 1 is 1.15 bits per heavy atom. The van der Waals surface area contributed by atoms with Crippen molar-refractivity contribution in [2.45, 2.75) is 19.4 Å². The second-order valence-electron chi connectivity index (χ2n) is 4.88. The summed E-state index contributed by atoms with van der Waals surface area (Å²) in [7, 11) is 0. The number of carbonyl (C=O) groups is 3. The predicted molar refractivity (Wildman–Crippen MR) is 73.8 cm³/mol. The van der Waals surface area contributed by atoms with Crippen molar-refractivity contribution >= 4 is 18.1 Å². The van der Waals surface area contributed by atoms with Crippen LogP contribution in [-0.2, 0) is 14.4 Å². The van der Waals surface area contributed by atoms with E-state index in [4.69, 9.17) is 0 Å². The molecule has 0 saturated carbocycles. The van der Waals surface area contributed by atoms with Gasteiger partial charge in [0, 0.05) is 13.0 Å². The molecule has 1 atom stereocenters. The molecule has 1 aromatic carbocycles. The minimum atomic E-state index is -0.124. The highest BCUT2D eigenvalue weighted by atomic mass is 16.2. The number of aldehydes is 1. The maximum absolute atomic E-state index is 12.2. The third-order valence-electron chi connectivity index (χ3n) is 3.57. The number of benzene rings is 1. The standard InChI is InChI=1S/C15H18N2O3/c1-12(13-6-3-2-4-7-13)17-11-14(19)16(8-5-9-18)10-15(17)20/h2-4,6-7,9,12H,5,8,10-11H2,1H3/t12-/m1/s1. The number of rotatable bonds is 5. The van der Waals surface area contributed by atoms with Crippen LogP contribution in [0.25, 0.3) is 0 Å². The Bertz CT molecular complexity index is 501. The maximum Gasteiger partial charge on any atom is 0.243 e. The van der Waals surface area contributed by atoms with Gasteiger partial charge in [-0.05, 0) is 12.5 Å². The Morgan fingerprint density at radius 3 is 2.50 bits per heavy atom. The largest absolute Gasteiger partial charge is 0.331 e. The van der Waals surface area contributed by atoms with Crippen LogP contribution in [0.1, 0.15) is 24.9 Å². The summed E-state index contributed by atoms with van der Waals surface area (Å²) in [6.07, 6.45) is 1.03. The lowest BCUT2D eigenvalue weighted by atomic mass is 10.1. The molecule has 0 radical (unpaired) electrons. The minimum Gasteiger partial charge on any atom is -0.331 e. The molecule has 1 saturated heterocycles. The van der Waals surface area contributed by atoms with Gasteiger partial charge in [0.2, 0.25) is 11.8 Å². The second kappa shape index (κ2) is 6.32. The highest BCUT2D eigenvalue weighted by Gasteiger charge is 2.32. The van der Waals surface area contributed by atoms with E-state index >= 15 is 0 Å². The van der Waals surface area contributed by atoms with Crippen molar-refractivity contribution in [1.29, 1.82) is 0 Å². The van der Waals surface area contributed by atoms with Gasteiger partial charge in [0.25, 0.3) is 0 Å². The Morgan fingerprint density at radius 2 is 1.85 bits per heavy atom. The van der Waals surface area contributed by atoms with Crippen LogP contribution < -0.4 is 0 Å². The SMILES string of the molecule is C[C@H](c1ccccc1)N1CC(=O)N(CCC=O)CC1=O. The van der Waals surface area contributed by atoms with Gasteiger partial charge >= 0.3 is 0 Å². The van der Waals surface area contributed by atoms with Gasteiger partial charge in [-0.1, -0.05) is 30.3 Å². The van der Waals surface area contributed by atoms with Crippen molar-refractivity contribution in [3.8, 4) is 0 Å². The second-order valence-corrected chi connectivity index (χ2v) is 4.88. The number of hydrogen-bond donors (Lipinski definition) is 0. The van der Waals surface area contributed by atoms with Gasteiger partial charge in [-0.15, -0.1) is 0 Å². The lowest BCUT2D eigenvalue weighted by Crippen LogP contribution is -2.54. The first-order chi connectivity index (χ1) is 9.63. The van der Waals surface area contributed by atoms with Crippen molar-refractivity contribution in [3.05, 3.63) is 35.9 Å². The summed E-state index contributed by atoms with van der Waals surface area (Å²) in [4.78, 5) is 37.6. The Balaban J connectivity index is 2.06. The number of carbonyl (C=O) groups excluding carboxylic acids is 3. The van der Waals surface area contributed by atoms with Crippen molar-refractivity contribution in [3.63, 3.8) is 0 Å². The molecule has 106 valence electrons. The molecule has 0 spiro atoms. The van der Waals surface area contributed by atoms with Gasteiger partial charge in [-0.25, -0.2) is 0 Å². The topological polar surface area (TPSA) is 57.7 Å². The lowest BCUT2D eigenvalue weighted by Gasteiger charge is -2.37. The number of amides is 2. The minimum absolute atomic E-state index is 0.0594. The first-order valence-corrected chi connectivity index (χ1v) is 6.69. The van der Waals surface area contributed by atoms with E-state index in [0.29, 0.717) is 6.54 Å². The van der Waals surface area contributed by atoms with E-state index < -0.39 is 0 Å². The molecule has 1 heterocycles. The van der Waals surface area contributed by atoms with Crippen molar-refractivity contribution < 1.29 is 14.4 Å². The van der Waals surface area contributed by atoms with Crippen molar-refractivity contribution in [2.24, 2.45) is 0 Å². The normalized spacial score (nSPS) is 17.2. The summed E-state index contributed by atoms with van der Waals surface area (Å²) in [5.41, 5.74) is 1.01. The molecule has 5 nitrogen and oxygen atoms in total. The molecule has 5 heteroatoms. The van der Waals surface area contributed by atoms with E-state index in [9.17, 15) is 14.4 Å². The predicted octanol–water partition coefficient (Wildman–Crippen LogP) is 1.01. The zero-order chi connectivity index (χ0) is 14.5. The molecule has 0 bridgehead atoms. The molecular weight excluding hydrogens is 256 g/mol. The molecule has 1 aromatic rings. The Hall–Kier alpha value is -2.17. The lowest BCUT2D eigenvalue weighted by molar-refractivity contribution is -0.152. The van der Waals surface area contributed by atoms with E-state index in [1.807, 2.05) is 37.3 Å². The van der Waals surface area contributed by atoms with Gasteiger partial charge in [-0.2, -0.15) is 0 Å². The molecule has 20 heavy (non-hydrogen) atoms. The van der Waals surface area contributed by atoms with Gasteiger partial charge in [-0.3, -0.25) is 9.59 Å². The average molecular weight is 274 g/mol. The van der Waals surface area contributed by atoms with Crippen LogP contribution in [-0.4, -0.2) is 47.5 Å². The summed E-state index contributed by atoms with van der Waals surface area (Å²) < 4.78 is 0. The fourth-order valence-electron chi connectivity index (χ4n) is 2.35. The van der Waals surface area contributed by atoms with Crippen molar-refractivity contribution in [2.75, 3.05) is 19.6 Å². The summed E-state index contributed by atoms with van der Waals surface area (Å²) >= 11 is 0. The van der Waals surface area contributed by atoms with E-state index in [1.165, 1.54) is 4.90 Å². The third kappa shape index (κ3) is 3.04. The Kier molecular flexibility index (Phi) is 4.50. The average Bonchev–Trinajstić information content (AvgIpc) is 2.48. The molecule has 1 aliphatic rings. The summed E-state index contributed by atoms with van der Waals surface area (Å²) in [5, 5.41) is 0. The molecule has 0 N–H and O–H groups in total. The highest BCUT2D eigenvalue weighted by Crippen LogP contribution is 2.22. The number of piperazine rings is 1. The fourth-order valence-corrected chi connectivity index (χ4v) is 2.35. The highest BCUT2D eigenvalue weighted by molar-refractivity contribution is 5.92. The molecule has 2 rings (SSSR count). The van der Waals surface area contributed by atoms with Gasteiger partial charge in [0.05, 0.1) is 12.6 Å². The van der Waals surface area contributed by atoms with Gasteiger partial charge < -0.3 is 14.6 Å². The first-order valence-electron chi connectivity index (χ1n) is 6.69. The smallest absolute Gasteiger partial charge is 0.243 e. The molecule has 2 amide bonds. The number of hydrogen-bond acceptors (Lipinski definition) is 3. The summed E-state index contributed by atoms with van der Waals surface area (Å²) in [6, 6.07) is 9.51. The van der Waals surface area contributed by atoms with Gasteiger partial charge in [0.1, 0.15) is 12.8 Å². The monoisotopic (exact) mass is 274 g/mol. The van der Waals surface area contributed by atoms with Crippen molar-refractivity contribution in [1.82, 2.24) is 9.80 Å². The van der Waals surface area contributed by atoms with Crippen LogP contribution in [0.5, 0.6) is 0 Å². The maximum atomic E-state index is 12.2. The molecule has 0 aromatic heterocycles. The van der Waals surface area contributed by atoms with Crippen LogP contribution in [0, 0.1) is 0 Å². The quantitative estimate of drug-likeness (QED) is 0.753. The molecule has 1 aliphatic heterocycles. The van der Waals surface area contributed by atoms with Crippen LogP contribution in [0.4, 0.5) is 0 Å². The Labute approximate surface area is 118 Å². The zero-order valence-electron chi connectivity index (χ0n) is 11.5.